The zero-order valence-electron chi connectivity index (χ0n) is 11.0. The fourth-order valence-electron chi connectivity index (χ4n) is 2.57. The topological polar surface area (TPSA) is 32.3 Å². The third kappa shape index (κ3) is 4.26. The van der Waals surface area contributed by atoms with Crippen LogP contribution in [0.15, 0.2) is 11.6 Å². The predicted molar refractivity (Wildman–Crippen MR) is 69.4 cm³/mol. The normalized spacial score (nSPS) is 27.6. The minimum absolute atomic E-state index is 0.310. The van der Waals surface area contributed by atoms with Crippen molar-refractivity contribution >= 4 is 0 Å². The first-order chi connectivity index (χ1) is 7.65. The van der Waals surface area contributed by atoms with Crippen molar-refractivity contribution in [2.45, 2.75) is 52.5 Å². The Kier molecular flexibility index (Phi) is 6.07. The van der Waals surface area contributed by atoms with Gasteiger partial charge in [-0.3, -0.25) is 0 Å². The van der Waals surface area contributed by atoms with Gasteiger partial charge in [-0.25, -0.2) is 0 Å². The molecular formula is C14H27NO. The highest BCUT2D eigenvalue weighted by molar-refractivity contribution is 5.09. The maximum atomic E-state index is 8.78. The van der Waals surface area contributed by atoms with Crippen LogP contribution in [0.25, 0.3) is 0 Å². The van der Waals surface area contributed by atoms with Crippen molar-refractivity contribution in [3.63, 3.8) is 0 Å². The number of aliphatic hydroxyl groups is 1. The van der Waals surface area contributed by atoms with E-state index in [4.69, 9.17) is 5.11 Å². The minimum Gasteiger partial charge on any atom is -0.396 e. The molecule has 0 spiro atoms. The van der Waals surface area contributed by atoms with E-state index in [9.17, 15) is 0 Å². The van der Waals surface area contributed by atoms with Crippen LogP contribution in [-0.4, -0.2) is 24.3 Å². The first-order valence-electron chi connectivity index (χ1n) is 6.66. The van der Waals surface area contributed by atoms with E-state index >= 15 is 0 Å². The Balaban J connectivity index is 2.30. The second kappa shape index (κ2) is 7.08. The number of allylic oxidation sites excluding steroid dienone is 1. The first-order valence-corrected chi connectivity index (χ1v) is 6.66. The molecule has 0 amide bonds. The van der Waals surface area contributed by atoms with Crippen molar-refractivity contribution in [1.82, 2.24) is 5.32 Å². The van der Waals surface area contributed by atoms with E-state index in [1.54, 1.807) is 5.57 Å². The molecule has 0 radical (unpaired) electrons. The van der Waals surface area contributed by atoms with Crippen LogP contribution in [0.4, 0.5) is 0 Å². The summed E-state index contributed by atoms with van der Waals surface area (Å²) in [5, 5.41) is 12.4. The van der Waals surface area contributed by atoms with Gasteiger partial charge in [0.25, 0.3) is 0 Å². The molecule has 0 fully saturated rings. The lowest BCUT2D eigenvalue weighted by Crippen LogP contribution is -2.35. The summed E-state index contributed by atoms with van der Waals surface area (Å²) in [4.78, 5) is 0. The molecule has 0 saturated carbocycles. The van der Waals surface area contributed by atoms with Crippen LogP contribution in [0.3, 0.4) is 0 Å². The molecule has 0 bridgehead atoms. The monoisotopic (exact) mass is 225 g/mol. The molecule has 0 aromatic heterocycles. The lowest BCUT2D eigenvalue weighted by molar-refractivity contribution is 0.272. The van der Waals surface area contributed by atoms with Gasteiger partial charge in [0.1, 0.15) is 0 Å². The molecule has 94 valence electrons. The van der Waals surface area contributed by atoms with Gasteiger partial charge in [0.2, 0.25) is 0 Å². The molecule has 3 atom stereocenters. The molecule has 0 aromatic rings. The quantitative estimate of drug-likeness (QED) is 0.681. The first kappa shape index (κ1) is 13.7. The number of hydrogen-bond acceptors (Lipinski definition) is 2. The summed E-state index contributed by atoms with van der Waals surface area (Å²) >= 11 is 0. The SMILES string of the molecule is CC1=CCC[C@H](C)[C@H]1CN[C@@H](C)CCCO. The van der Waals surface area contributed by atoms with Gasteiger partial charge in [-0.1, -0.05) is 18.6 Å². The molecule has 2 heteroatoms. The lowest BCUT2D eigenvalue weighted by atomic mass is 9.80. The van der Waals surface area contributed by atoms with Crippen molar-refractivity contribution in [3.8, 4) is 0 Å². The molecule has 1 rings (SSSR count). The van der Waals surface area contributed by atoms with Crippen LogP contribution >= 0.6 is 0 Å². The number of hydrogen-bond donors (Lipinski definition) is 2. The summed E-state index contributed by atoms with van der Waals surface area (Å²) in [7, 11) is 0. The Morgan fingerprint density at radius 2 is 2.31 bits per heavy atom. The van der Waals surface area contributed by atoms with E-state index in [1.807, 2.05) is 0 Å². The predicted octanol–water partition coefficient (Wildman–Crippen LogP) is 2.73. The maximum Gasteiger partial charge on any atom is 0.0431 e. The van der Waals surface area contributed by atoms with E-state index in [0.29, 0.717) is 18.6 Å². The number of rotatable bonds is 6. The highest BCUT2D eigenvalue weighted by Gasteiger charge is 2.21. The number of aliphatic hydroxyl groups excluding tert-OH is 1. The van der Waals surface area contributed by atoms with Crippen LogP contribution < -0.4 is 5.32 Å². The van der Waals surface area contributed by atoms with Crippen molar-refractivity contribution < 1.29 is 5.11 Å². The molecule has 1 aliphatic carbocycles. The maximum absolute atomic E-state index is 8.78. The largest absolute Gasteiger partial charge is 0.396 e. The van der Waals surface area contributed by atoms with Gasteiger partial charge in [-0.2, -0.15) is 0 Å². The second-order valence-corrected chi connectivity index (χ2v) is 5.28. The molecule has 16 heavy (non-hydrogen) atoms. The summed E-state index contributed by atoms with van der Waals surface area (Å²) in [6.07, 6.45) is 6.95. The van der Waals surface area contributed by atoms with Gasteiger partial charge in [0, 0.05) is 19.2 Å². The van der Waals surface area contributed by atoms with Crippen LogP contribution in [0.1, 0.15) is 46.5 Å². The van der Waals surface area contributed by atoms with Crippen LogP contribution in [-0.2, 0) is 0 Å². The van der Waals surface area contributed by atoms with Gasteiger partial charge in [0.05, 0.1) is 0 Å². The third-order valence-electron chi connectivity index (χ3n) is 3.84. The standard InChI is InChI=1S/C14H27NO/c1-11-6-4-7-12(2)14(11)10-15-13(3)8-5-9-16/h6,12-16H,4-5,7-10H2,1-3H3/t12-,13-,14-/m0/s1. The average molecular weight is 225 g/mol. The smallest absolute Gasteiger partial charge is 0.0431 e. The second-order valence-electron chi connectivity index (χ2n) is 5.28. The molecular weight excluding hydrogens is 198 g/mol. The summed E-state index contributed by atoms with van der Waals surface area (Å²) < 4.78 is 0. The van der Waals surface area contributed by atoms with Crippen molar-refractivity contribution in [1.29, 1.82) is 0 Å². The van der Waals surface area contributed by atoms with Crippen LogP contribution in [0, 0.1) is 11.8 Å². The highest BCUT2D eigenvalue weighted by Crippen LogP contribution is 2.29. The fourth-order valence-corrected chi connectivity index (χ4v) is 2.57. The Labute approximate surface area is 100 Å². The van der Waals surface area contributed by atoms with Crippen LogP contribution in [0.5, 0.6) is 0 Å². The molecule has 2 N–H and O–H groups in total. The van der Waals surface area contributed by atoms with Crippen molar-refractivity contribution in [2.75, 3.05) is 13.2 Å². The molecule has 0 heterocycles. The zero-order valence-corrected chi connectivity index (χ0v) is 11.0. The minimum atomic E-state index is 0.310. The lowest BCUT2D eigenvalue weighted by Gasteiger charge is -2.30. The van der Waals surface area contributed by atoms with Gasteiger partial charge >= 0.3 is 0 Å². The average Bonchev–Trinajstić information content (AvgIpc) is 2.25. The Hall–Kier alpha value is -0.340. The molecule has 0 aromatic carbocycles. The Morgan fingerprint density at radius 1 is 1.56 bits per heavy atom. The summed E-state index contributed by atoms with van der Waals surface area (Å²) in [6.45, 7) is 8.24. The van der Waals surface area contributed by atoms with Gasteiger partial charge in [0.15, 0.2) is 0 Å². The van der Waals surface area contributed by atoms with Crippen LogP contribution in [0.2, 0.25) is 0 Å². The van der Waals surface area contributed by atoms with E-state index in [-0.39, 0.29) is 0 Å². The summed E-state index contributed by atoms with van der Waals surface area (Å²) in [5.41, 5.74) is 1.56. The zero-order chi connectivity index (χ0) is 12.0. The molecule has 1 aliphatic rings. The molecule has 0 aliphatic heterocycles. The molecule has 2 nitrogen and oxygen atoms in total. The Morgan fingerprint density at radius 3 is 2.94 bits per heavy atom. The summed E-state index contributed by atoms with van der Waals surface area (Å²) in [6, 6.07) is 0.522. The van der Waals surface area contributed by atoms with E-state index in [1.165, 1.54) is 12.8 Å². The van der Waals surface area contributed by atoms with Gasteiger partial charge < -0.3 is 10.4 Å². The van der Waals surface area contributed by atoms with Crippen molar-refractivity contribution in [3.05, 3.63) is 11.6 Å². The fraction of sp³-hybridized carbons (Fsp3) is 0.857. The molecule has 0 unspecified atom stereocenters. The van der Waals surface area contributed by atoms with Crippen molar-refractivity contribution in [2.24, 2.45) is 11.8 Å². The van der Waals surface area contributed by atoms with E-state index in [2.05, 4.69) is 32.2 Å². The highest BCUT2D eigenvalue weighted by atomic mass is 16.2. The van der Waals surface area contributed by atoms with Gasteiger partial charge in [-0.15, -0.1) is 0 Å². The van der Waals surface area contributed by atoms with E-state index < -0.39 is 0 Å². The number of nitrogens with one attached hydrogen (secondary N) is 1. The summed E-state index contributed by atoms with van der Waals surface area (Å²) in [5.74, 6) is 1.52. The third-order valence-corrected chi connectivity index (χ3v) is 3.84. The van der Waals surface area contributed by atoms with Gasteiger partial charge in [-0.05, 0) is 51.4 Å². The van der Waals surface area contributed by atoms with E-state index in [0.717, 1.165) is 25.3 Å². The Bertz CT molecular complexity index is 225. The molecule has 0 saturated heterocycles.